The molecule has 166 valence electrons. The average molecular weight is 426 g/mol. The molecule has 0 bridgehead atoms. The van der Waals surface area contributed by atoms with Crippen molar-refractivity contribution < 1.29 is 18.8 Å². The van der Waals surface area contributed by atoms with Crippen LogP contribution in [0.15, 0.2) is 28.8 Å². The lowest BCUT2D eigenvalue weighted by Gasteiger charge is -2.35. The van der Waals surface area contributed by atoms with Crippen LogP contribution in [0.1, 0.15) is 59.5 Å². The zero-order chi connectivity index (χ0) is 21.8. The molecule has 31 heavy (non-hydrogen) atoms. The number of rotatable bonds is 6. The van der Waals surface area contributed by atoms with E-state index in [1.807, 2.05) is 35.8 Å². The van der Waals surface area contributed by atoms with Crippen molar-refractivity contribution >= 4 is 11.8 Å². The molecule has 0 atom stereocenters. The maximum absolute atomic E-state index is 12.9. The van der Waals surface area contributed by atoms with Crippen molar-refractivity contribution in [1.29, 1.82) is 0 Å². The lowest BCUT2D eigenvalue weighted by atomic mass is 10.0. The summed E-state index contributed by atoms with van der Waals surface area (Å²) >= 11 is 0. The summed E-state index contributed by atoms with van der Waals surface area (Å²) in [6.45, 7) is 6.54. The summed E-state index contributed by atoms with van der Waals surface area (Å²) < 4.78 is 11.0. The smallest absolute Gasteiger partial charge is 0.253 e. The standard InChI is InChI=1S/C24H31N3O4/c1-17-22(18(2)31-25-17)16-30-21-9-7-20(8-10-21)24(29)27-13-11-26(12-14-27)23(28)15-19-5-3-4-6-19/h7-10,19H,3-6,11-16H2,1-2H3. The molecule has 1 aliphatic carbocycles. The van der Waals surface area contributed by atoms with Gasteiger partial charge in [0, 0.05) is 38.2 Å². The molecule has 2 aromatic rings. The van der Waals surface area contributed by atoms with Gasteiger partial charge in [-0.2, -0.15) is 0 Å². The monoisotopic (exact) mass is 425 g/mol. The van der Waals surface area contributed by atoms with E-state index in [4.69, 9.17) is 9.26 Å². The second kappa shape index (κ2) is 9.54. The fourth-order valence-corrected chi connectivity index (χ4v) is 4.49. The first kappa shape index (κ1) is 21.4. The molecule has 2 aliphatic rings. The van der Waals surface area contributed by atoms with Crippen molar-refractivity contribution in [3.8, 4) is 5.75 Å². The van der Waals surface area contributed by atoms with Gasteiger partial charge in [0.2, 0.25) is 5.91 Å². The van der Waals surface area contributed by atoms with Crippen molar-refractivity contribution in [3.05, 3.63) is 46.8 Å². The van der Waals surface area contributed by atoms with Gasteiger partial charge in [0.1, 0.15) is 18.1 Å². The second-order valence-corrected chi connectivity index (χ2v) is 8.64. The van der Waals surface area contributed by atoms with E-state index in [1.165, 1.54) is 25.7 Å². The highest BCUT2D eigenvalue weighted by Gasteiger charge is 2.27. The first-order valence-corrected chi connectivity index (χ1v) is 11.2. The number of carbonyl (C=O) groups excluding carboxylic acids is 2. The number of ether oxygens (including phenoxy) is 1. The van der Waals surface area contributed by atoms with E-state index in [2.05, 4.69) is 5.16 Å². The van der Waals surface area contributed by atoms with E-state index in [0.717, 1.165) is 17.0 Å². The van der Waals surface area contributed by atoms with Gasteiger partial charge in [0.05, 0.1) is 11.3 Å². The van der Waals surface area contributed by atoms with Crippen LogP contribution < -0.4 is 4.74 Å². The Bertz CT molecular complexity index is 888. The van der Waals surface area contributed by atoms with Crippen LogP contribution in [0.4, 0.5) is 0 Å². The summed E-state index contributed by atoms with van der Waals surface area (Å²) in [5.74, 6) is 2.26. The molecule has 0 unspecified atom stereocenters. The molecule has 1 saturated heterocycles. The van der Waals surface area contributed by atoms with Gasteiger partial charge >= 0.3 is 0 Å². The average Bonchev–Trinajstić information content (AvgIpc) is 3.42. The Morgan fingerprint density at radius 1 is 1.03 bits per heavy atom. The lowest BCUT2D eigenvalue weighted by Crippen LogP contribution is -2.50. The molecular formula is C24H31N3O4. The Morgan fingerprint density at radius 3 is 2.29 bits per heavy atom. The van der Waals surface area contributed by atoms with Gasteiger partial charge in [-0.1, -0.05) is 18.0 Å². The second-order valence-electron chi connectivity index (χ2n) is 8.64. The minimum Gasteiger partial charge on any atom is -0.489 e. The summed E-state index contributed by atoms with van der Waals surface area (Å²) in [5.41, 5.74) is 2.40. The molecule has 2 amide bonds. The van der Waals surface area contributed by atoms with Crippen LogP contribution in [0.3, 0.4) is 0 Å². The highest BCUT2D eigenvalue weighted by Crippen LogP contribution is 2.28. The van der Waals surface area contributed by atoms with Crippen molar-refractivity contribution in [2.24, 2.45) is 5.92 Å². The minimum atomic E-state index is 0.000153. The first-order valence-electron chi connectivity index (χ1n) is 11.2. The van der Waals surface area contributed by atoms with E-state index in [0.29, 0.717) is 56.4 Å². The van der Waals surface area contributed by atoms with Gasteiger partial charge < -0.3 is 19.1 Å². The molecule has 2 heterocycles. The number of amides is 2. The van der Waals surface area contributed by atoms with Gasteiger partial charge in [-0.15, -0.1) is 0 Å². The maximum Gasteiger partial charge on any atom is 0.253 e. The SMILES string of the molecule is Cc1noc(C)c1COc1ccc(C(=O)N2CCN(C(=O)CC3CCCC3)CC2)cc1. The summed E-state index contributed by atoms with van der Waals surface area (Å²) in [6, 6.07) is 7.21. The number of aryl methyl sites for hydroxylation is 2. The van der Waals surface area contributed by atoms with E-state index in [9.17, 15) is 9.59 Å². The van der Waals surface area contributed by atoms with Gasteiger partial charge in [-0.3, -0.25) is 9.59 Å². The van der Waals surface area contributed by atoms with E-state index >= 15 is 0 Å². The van der Waals surface area contributed by atoms with Gasteiger partial charge in [-0.05, 0) is 56.9 Å². The Balaban J connectivity index is 1.26. The summed E-state index contributed by atoms with van der Waals surface area (Å²) in [5, 5.41) is 3.93. The highest BCUT2D eigenvalue weighted by atomic mass is 16.5. The van der Waals surface area contributed by atoms with Crippen LogP contribution in [-0.2, 0) is 11.4 Å². The predicted molar refractivity (Wildman–Crippen MR) is 116 cm³/mol. The summed E-state index contributed by atoms with van der Waals surface area (Å²) in [4.78, 5) is 29.1. The molecule has 4 rings (SSSR count). The Morgan fingerprint density at radius 2 is 1.68 bits per heavy atom. The van der Waals surface area contributed by atoms with Crippen molar-refractivity contribution in [2.75, 3.05) is 26.2 Å². The quantitative estimate of drug-likeness (QED) is 0.705. The molecule has 0 N–H and O–H groups in total. The van der Waals surface area contributed by atoms with Crippen LogP contribution in [0.2, 0.25) is 0 Å². The minimum absolute atomic E-state index is 0.000153. The number of piperazine rings is 1. The molecule has 1 aromatic carbocycles. The lowest BCUT2D eigenvalue weighted by molar-refractivity contribution is -0.133. The topological polar surface area (TPSA) is 75.9 Å². The fourth-order valence-electron chi connectivity index (χ4n) is 4.49. The molecule has 1 aliphatic heterocycles. The zero-order valence-corrected chi connectivity index (χ0v) is 18.4. The summed E-state index contributed by atoms with van der Waals surface area (Å²) in [6.07, 6.45) is 5.54. The van der Waals surface area contributed by atoms with Gasteiger partial charge in [0.15, 0.2) is 0 Å². The Labute approximate surface area is 183 Å². The molecular weight excluding hydrogens is 394 g/mol. The number of aromatic nitrogens is 1. The molecule has 7 heteroatoms. The predicted octanol–water partition coefficient (Wildman–Crippen LogP) is 3.74. The molecule has 2 fully saturated rings. The number of carbonyl (C=O) groups is 2. The number of hydrogen-bond donors (Lipinski definition) is 0. The zero-order valence-electron chi connectivity index (χ0n) is 18.4. The molecule has 7 nitrogen and oxygen atoms in total. The van der Waals surface area contributed by atoms with Crippen molar-refractivity contribution in [1.82, 2.24) is 15.0 Å². The van der Waals surface area contributed by atoms with E-state index in [1.54, 1.807) is 12.1 Å². The molecule has 0 radical (unpaired) electrons. The first-order chi connectivity index (χ1) is 15.0. The van der Waals surface area contributed by atoms with Crippen LogP contribution >= 0.6 is 0 Å². The molecule has 0 spiro atoms. The van der Waals surface area contributed by atoms with Crippen LogP contribution in [-0.4, -0.2) is 52.9 Å². The highest BCUT2D eigenvalue weighted by molar-refractivity contribution is 5.94. The van der Waals surface area contributed by atoms with Crippen LogP contribution in [0.25, 0.3) is 0 Å². The van der Waals surface area contributed by atoms with Crippen LogP contribution in [0.5, 0.6) is 5.75 Å². The number of nitrogens with zero attached hydrogens (tertiary/aromatic N) is 3. The fraction of sp³-hybridized carbons (Fsp3) is 0.542. The molecule has 1 saturated carbocycles. The maximum atomic E-state index is 12.9. The Kier molecular flexibility index (Phi) is 6.59. The van der Waals surface area contributed by atoms with Crippen LogP contribution in [0, 0.1) is 19.8 Å². The normalized spacial score (nSPS) is 17.2. The van der Waals surface area contributed by atoms with E-state index < -0.39 is 0 Å². The van der Waals surface area contributed by atoms with Crippen molar-refractivity contribution in [3.63, 3.8) is 0 Å². The van der Waals surface area contributed by atoms with E-state index in [-0.39, 0.29) is 11.8 Å². The number of hydrogen-bond acceptors (Lipinski definition) is 5. The third-order valence-corrected chi connectivity index (χ3v) is 6.52. The Hall–Kier alpha value is -2.83. The third kappa shape index (κ3) is 5.09. The third-order valence-electron chi connectivity index (χ3n) is 6.52. The van der Waals surface area contributed by atoms with Gasteiger partial charge in [0.25, 0.3) is 5.91 Å². The summed E-state index contributed by atoms with van der Waals surface area (Å²) in [7, 11) is 0. The molecule has 1 aromatic heterocycles. The van der Waals surface area contributed by atoms with Crippen molar-refractivity contribution in [2.45, 2.75) is 52.6 Å². The largest absolute Gasteiger partial charge is 0.489 e. The van der Waals surface area contributed by atoms with Gasteiger partial charge in [-0.25, -0.2) is 0 Å². The number of benzene rings is 1.